The van der Waals surface area contributed by atoms with Gasteiger partial charge >= 0.3 is 0 Å². The van der Waals surface area contributed by atoms with Gasteiger partial charge in [-0.15, -0.1) is 0 Å². The number of benzene rings is 1. The van der Waals surface area contributed by atoms with Crippen LogP contribution in [0.2, 0.25) is 0 Å². The molecule has 0 unspecified atom stereocenters. The van der Waals surface area contributed by atoms with Gasteiger partial charge in [-0.3, -0.25) is 19.5 Å². The van der Waals surface area contributed by atoms with Crippen LogP contribution in [0.4, 0.5) is 0 Å². The minimum atomic E-state index is -0.175. The van der Waals surface area contributed by atoms with Crippen LogP contribution in [0.25, 0.3) is 0 Å². The van der Waals surface area contributed by atoms with E-state index in [1.807, 2.05) is 30.9 Å². The van der Waals surface area contributed by atoms with Crippen molar-refractivity contribution >= 4 is 11.8 Å². The third-order valence-corrected chi connectivity index (χ3v) is 5.94. The van der Waals surface area contributed by atoms with Gasteiger partial charge in [-0.05, 0) is 31.0 Å². The predicted molar refractivity (Wildman–Crippen MR) is 122 cm³/mol. The van der Waals surface area contributed by atoms with Gasteiger partial charge in [0.15, 0.2) is 11.5 Å². The van der Waals surface area contributed by atoms with E-state index in [-0.39, 0.29) is 18.6 Å². The maximum Gasteiger partial charge on any atom is 0.274 e. The third kappa shape index (κ3) is 5.78. The van der Waals surface area contributed by atoms with Crippen molar-refractivity contribution in [3.05, 3.63) is 47.5 Å². The van der Waals surface area contributed by atoms with Crippen LogP contribution in [0.1, 0.15) is 41.5 Å². The Labute approximate surface area is 194 Å². The summed E-state index contributed by atoms with van der Waals surface area (Å²) in [7, 11) is 0. The molecule has 0 bridgehead atoms. The van der Waals surface area contributed by atoms with Crippen molar-refractivity contribution in [3.8, 4) is 11.5 Å². The molecule has 0 aliphatic carbocycles. The fourth-order valence-corrected chi connectivity index (χ4v) is 4.09. The summed E-state index contributed by atoms with van der Waals surface area (Å²) in [6, 6.07) is 6.03. The zero-order valence-electron chi connectivity index (χ0n) is 19.3. The van der Waals surface area contributed by atoms with E-state index in [0.717, 1.165) is 43.2 Å². The van der Waals surface area contributed by atoms with Gasteiger partial charge in [0.2, 0.25) is 12.7 Å². The number of aromatic nitrogens is 2. The number of carbonyl (C=O) groups excluding carboxylic acids is 2. The van der Waals surface area contributed by atoms with E-state index < -0.39 is 0 Å². The Hall–Kier alpha value is -3.20. The number of hydrogen-bond acceptors (Lipinski definition) is 7. The van der Waals surface area contributed by atoms with E-state index in [1.165, 1.54) is 11.8 Å². The second-order valence-corrected chi connectivity index (χ2v) is 8.43. The molecule has 33 heavy (non-hydrogen) atoms. The molecule has 1 fully saturated rings. The highest BCUT2D eigenvalue weighted by atomic mass is 16.7. The lowest BCUT2D eigenvalue weighted by Gasteiger charge is -2.35. The number of carbonyl (C=O) groups is 2. The summed E-state index contributed by atoms with van der Waals surface area (Å²) < 4.78 is 10.8. The first kappa shape index (κ1) is 23.0. The van der Waals surface area contributed by atoms with Crippen molar-refractivity contribution < 1.29 is 19.1 Å². The lowest BCUT2D eigenvalue weighted by Crippen LogP contribution is -2.49. The number of aryl methyl sites for hydroxylation is 1. The fraction of sp³-hybridized carbons (Fsp3) is 0.500. The van der Waals surface area contributed by atoms with E-state index in [1.54, 1.807) is 11.1 Å². The summed E-state index contributed by atoms with van der Waals surface area (Å²) in [6.07, 6.45) is 4.22. The molecule has 2 aliphatic rings. The molecule has 1 aromatic heterocycles. The van der Waals surface area contributed by atoms with Crippen molar-refractivity contribution in [1.82, 2.24) is 24.7 Å². The lowest BCUT2D eigenvalue weighted by atomic mass is 10.1. The Kier molecular flexibility index (Phi) is 7.39. The van der Waals surface area contributed by atoms with E-state index in [4.69, 9.17) is 9.47 Å². The molecule has 0 saturated carbocycles. The van der Waals surface area contributed by atoms with Gasteiger partial charge in [-0.2, -0.15) is 0 Å². The van der Waals surface area contributed by atoms with Gasteiger partial charge < -0.3 is 19.3 Å². The second-order valence-electron chi connectivity index (χ2n) is 8.43. The number of hydrogen-bond donors (Lipinski definition) is 0. The smallest absolute Gasteiger partial charge is 0.274 e. The fourth-order valence-electron chi connectivity index (χ4n) is 4.09. The van der Waals surface area contributed by atoms with E-state index >= 15 is 0 Å². The number of ether oxygens (including phenoxy) is 2. The van der Waals surface area contributed by atoms with Gasteiger partial charge in [0, 0.05) is 58.4 Å². The summed E-state index contributed by atoms with van der Waals surface area (Å²) in [6.45, 7) is 8.93. The van der Waals surface area contributed by atoms with Crippen LogP contribution < -0.4 is 9.47 Å². The van der Waals surface area contributed by atoms with Crippen molar-refractivity contribution in [2.24, 2.45) is 0 Å². The van der Waals surface area contributed by atoms with Gasteiger partial charge in [-0.25, -0.2) is 4.98 Å². The van der Waals surface area contributed by atoms with Gasteiger partial charge in [0.25, 0.3) is 5.91 Å². The summed E-state index contributed by atoms with van der Waals surface area (Å²) in [4.78, 5) is 39.9. The summed E-state index contributed by atoms with van der Waals surface area (Å²) in [5, 5.41) is 0. The van der Waals surface area contributed by atoms with Gasteiger partial charge in [0.05, 0.1) is 11.9 Å². The third-order valence-electron chi connectivity index (χ3n) is 5.94. The molecule has 2 aromatic rings. The molecule has 0 atom stereocenters. The molecule has 3 heterocycles. The van der Waals surface area contributed by atoms with Crippen LogP contribution in [0.15, 0.2) is 30.6 Å². The van der Waals surface area contributed by atoms with E-state index in [0.29, 0.717) is 38.3 Å². The molecule has 4 rings (SSSR count). The molecule has 1 saturated heterocycles. The van der Waals surface area contributed by atoms with Crippen LogP contribution in [0.3, 0.4) is 0 Å². The molecule has 9 nitrogen and oxygen atoms in total. The van der Waals surface area contributed by atoms with Crippen molar-refractivity contribution in [2.45, 2.75) is 33.2 Å². The highest BCUT2D eigenvalue weighted by Gasteiger charge is 2.24. The Balaban J connectivity index is 1.24. The predicted octanol–water partition coefficient (Wildman–Crippen LogP) is 2.10. The Bertz CT molecular complexity index is 973. The van der Waals surface area contributed by atoms with Crippen molar-refractivity contribution in [1.29, 1.82) is 0 Å². The monoisotopic (exact) mass is 453 g/mol. The SMILES string of the molecule is CCCN(CCC(=O)N1CCN(Cc2ccc3c(c2)OCO3)CC1)C(=O)c1cnc(C)cn1. The molecule has 9 heteroatoms. The number of amides is 2. The number of fused-ring (bicyclic) bond motifs is 1. The topological polar surface area (TPSA) is 88.1 Å². The summed E-state index contributed by atoms with van der Waals surface area (Å²) in [5.74, 6) is 1.50. The van der Waals surface area contributed by atoms with Crippen LogP contribution in [-0.2, 0) is 11.3 Å². The van der Waals surface area contributed by atoms with E-state index in [2.05, 4.69) is 20.9 Å². The van der Waals surface area contributed by atoms with E-state index in [9.17, 15) is 9.59 Å². The highest BCUT2D eigenvalue weighted by Crippen LogP contribution is 2.32. The molecule has 0 N–H and O–H groups in total. The first-order valence-electron chi connectivity index (χ1n) is 11.5. The number of nitrogens with zero attached hydrogens (tertiary/aromatic N) is 5. The van der Waals surface area contributed by atoms with Crippen LogP contribution >= 0.6 is 0 Å². The maximum absolute atomic E-state index is 12.8. The molecule has 2 aliphatic heterocycles. The average molecular weight is 454 g/mol. The number of rotatable bonds is 8. The van der Waals surface area contributed by atoms with Crippen LogP contribution in [0.5, 0.6) is 11.5 Å². The standard InChI is InChI=1S/C24H31N5O4/c1-3-7-29(24(31)20-15-25-18(2)14-26-20)8-6-23(30)28-11-9-27(10-12-28)16-19-4-5-21-22(13-19)33-17-32-21/h4-5,13-15H,3,6-12,16-17H2,1-2H3. The molecular weight excluding hydrogens is 422 g/mol. The molecule has 2 amide bonds. The minimum Gasteiger partial charge on any atom is -0.454 e. The zero-order chi connectivity index (χ0) is 23.2. The number of piperazine rings is 1. The minimum absolute atomic E-state index is 0.0848. The average Bonchev–Trinajstić information content (AvgIpc) is 3.30. The van der Waals surface area contributed by atoms with Crippen LogP contribution in [0, 0.1) is 6.92 Å². The van der Waals surface area contributed by atoms with Crippen LogP contribution in [-0.4, -0.2) is 82.5 Å². The second kappa shape index (κ2) is 10.6. The zero-order valence-corrected chi connectivity index (χ0v) is 19.3. The first-order valence-corrected chi connectivity index (χ1v) is 11.5. The molecular formula is C24H31N5O4. The van der Waals surface area contributed by atoms with Crippen molar-refractivity contribution in [3.63, 3.8) is 0 Å². The first-order chi connectivity index (χ1) is 16.0. The van der Waals surface area contributed by atoms with Gasteiger partial charge in [-0.1, -0.05) is 13.0 Å². The Morgan fingerprint density at radius 2 is 1.82 bits per heavy atom. The summed E-state index contributed by atoms with van der Waals surface area (Å²) in [5.41, 5.74) is 2.26. The molecule has 1 aromatic carbocycles. The lowest BCUT2D eigenvalue weighted by molar-refractivity contribution is -0.133. The molecule has 176 valence electrons. The molecule has 0 spiro atoms. The highest BCUT2D eigenvalue weighted by molar-refractivity contribution is 5.92. The normalized spacial score (nSPS) is 15.5. The molecule has 0 radical (unpaired) electrons. The quantitative estimate of drug-likeness (QED) is 0.605. The Morgan fingerprint density at radius 3 is 2.55 bits per heavy atom. The van der Waals surface area contributed by atoms with Crippen molar-refractivity contribution in [2.75, 3.05) is 46.1 Å². The largest absolute Gasteiger partial charge is 0.454 e. The summed E-state index contributed by atoms with van der Waals surface area (Å²) >= 11 is 0. The Morgan fingerprint density at radius 1 is 1.03 bits per heavy atom. The van der Waals surface area contributed by atoms with Gasteiger partial charge in [0.1, 0.15) is 5.69 Å². The maximum atomic E-state index is 12.8.